The third-order valence-electron chi connectivity index (χ3n) is 3.87. The zero-order valence-corrected chi connectivity index (χ0v) is 14.2. The fourth-order valence-corrected chi connectivity index (χ4v) is 2.73. The van der Waals surface area contributed by atoms with Crippen LogP contribution in [0.25, 0.3) is 0 Å². The summed E-state index contributed by atoms with van der Waals surface area (Å²) in [5, 5.41) is 3.26. The second kappa shape index (κ2) is 8.29. The molecule has 0 radical (unpaired) electrons. The molecule has 2 rings (SSSR count). The van der Waals surface area contributed by atoms with Crippen molar-refractivity contribution in [2.45, 2.75) is 6.04 Å². The van der Waals surface area contributed by atoms with E-state index in [1.807, 2.05) is 0 Å². The molecule has 0 aliphatic carbocycles. The van der Waals surface area contributed by atoms with Gasteiger partial charge in [0.1, 0.15) is 6.04 Å². The summed E-state index contributed by atoms with van der Waals surface area (Å²) in [6.45, 7) is 2.48. The Morgan fingerprint density at radius 3 is 2.48 bits per heavy atom. The van der Waals surface area contributed by atoms with Crippen LogP contribution in [0.3, 0.4) is 0 Å². The lowest BCUT2D eigenvalue weighted by Gasteiger charge is -2.31. The Hall–Kier alpha value is -1.63. The highest BCUT2D eigenvalue weighted by Crippen LogP contribution is 2.22. The predicted molar refractivity (Wildman–Crippen MR) is 88.3 cm³/mol. The predicted octanol–water partition coefficient (Wildman–Crippen LogP) is 0.918. The molecule has 1 aliphatic rings. The molecule has 126 valence electrons. The lowest BCUT2D eigenvalue weighted by molar-refractivity contribution is -0.137. The number of carbonyl (C=O) groups is 2. The Morgan fingerprint density at radius 1 is 1.30 bits per heavy atom. The van der Waals surface area contributed by atoms with E-state index >= 15 is 0 Å². The van der Waals surface area contributed by atoms with Gasteiger partial charge in [0.05, 0.1) is 19.8 Å². The SMILES string of the molecule is CNC(=O)C(c1ccc(Cl)cc1)N(C)CC(=O)N1CCOCC1. The van der Waals surface area contributed by atoms with E-state index in [-0.39, 0.29) is 18.4 Å². The summed E-state index contributed by atoms with van der Waals surface area (Å²) < 4.78 is 5.25. The maximum absolute atomic E-state index is 12.4. The van der Waals surface area contributed by atoms with Gasteiger partial charge >= 0.3 is 0 Å². The number of halogens is 1. The second-order valence-corrected chi connectivity index (χ2v) is 5.91. The number of hydrogen-bond donors (Lipinski definition) is 1. The van der Waals surface area contributed by atoms with Gasteiger partial charge in [-0.3, -0.25) is 14.5 Å². The lowest BCUT2D eigenvalue weighted by atomic mass is 10.0. The summed E-state index contributed by atoms with van der Waals surface area (Å²) in [6, 6.07) is 6.55. The molecule has 7 heteroatoms. The molecule has 1 aliphatic heterocycles. The van der Waals surface area contributed by atoms with Crippen LogP contribution in [0.2, 0.25) is 5.02 Å². The van der Waals surface area contributed by atoms with Crippen molar-refractivity contribution in [2.24, 2.45) is 0 Å². The van der Waals surface area contributed by atoms with E-state index in [2.05, 4.69) is 5.32 Å². The molecule has 1 fully saturated rings. The Balaban J connectivity index is 2.10. The minimum atomic E-state index is -0.540. The van der Waals surface area contributed by atoms with Crippen molar-refractivity contribution in [2.75, 3.05) is 46.9 Å². The highest BCUT2D eigenvalue weighted by molar-refractivity contribution is 6.30. The molecule has 1 aromatic rings. The van der Waals surface area contributed by atoms with Crippen molar-refractivity contribution in [1.82, 2.24) is 15.1 Å². The Bertz CT molecular complexity index is 544. The van der Waals surface area contributed by atoms with Crippen LogP contribution in [0.15, 0.2) is 24.3 Å². The molecule has 1 N–H and O–H groups in total. The molecule has 1 atom stereocenters. The number of ether oxygens (including phenoxy) is 1. The maximum atomic E-state index is 12.4. The average molecular weight is 340 g/mol. The van der Waals surface area contributed by atoms with E-state index in [1.54, 1.807) is 48.2 Å². The minimum absolute atomic E-state index is 0.00123. The van der Waals surface area contributed by atoms with Crippen molar-refractivity contribution < 1.29 is 14.3 Å². The van der Waals surface area contributed by atoms with Crippen LogP contribution in [0.5, 0.6) is 0 Å². The van der Waals surface area contributed by atoms with Gasteiger partial charge in [-0.2, -0.15) is 0 Å². The fraction of sp³-hybridized carbons (Fsp3) is 0.500. The van der Waals surface area contributed by atoms with Crippen LogP contribution in [0, 0.1) is 0 Å². The number of benzene rings is 1. The number of likely N-dealkylation sites (N-methyl/N-ethyl adjacent to an activating group) is 2. The summed E-state index contributed by atoms with van der Waals surface area (Å²) >= 11 is 5.91. The molecule has 23 heavy (non-hydrogen) atoms. The molecule has 0 bridgehead atoms. The van der Waals surface area contributed by atoms with Crippen molar-refractivity contribution in [3.63, 3.8) is 0 Å². The summed E-state index contributed by atoms with van der Waals surface area (Å²) in [4.78, 5) is 28.2. The summed E-state index contributed by atoms with van der Waals surface area (Å²) in [5.41, 5.74) is 0.797. The number of hydrogen-bond acceptors (Lipinski definition) is 4. The highest BCUT2D eigenvalue weighted by atomic mass is 35.5. The van der Waals surface area contributed by atoms with E-state index in [9.17, 15) is 9.59 Å². The molecule has 0 spiro atoms. The van der Waals surface area contributed by atoms with Crippen molar-refractivity contribution in [3.05, 3.63) is 34.9 Å². The number of nitrogens with one attached hydrogen (secondary N) is 1. The van der Waals surface area contributed by atoms with Crippen LogP contribution >= 0.6 is 11.6 Å². The van der Waals surface area contributed by atoms with Crippen LogP contribution in [0.1, 0.15) is 11.6 Å². The van der Waals surface area contributed by atoms with Crippen LogP contribution in [0.4, 0.5) is 0 Å². The van der Waals surface area contributed by atoms with Crippen LogP contribution in [-0.4, -0.2) is 68.6 Å². The third-order valence-corrected chi connectivity index (χ3v) is 4.12. The molecule has 1 saturated heterocycles. The molecular weight excluding hydrogens is 318 g/mol. The van der Waals surface area contributed by atoms with Gasteiger partial charge in [-0.05, 0) is 24.7 Å². The molecule has 6 nitrogen and oxygen atoms in total. The molecule has 1 heterocycles. The first kappa shape index (κ1) is 17.7. The van der Waals surface area contributed by atoms with Gasteiger partial charge in [0.15, 0.2) is 0 Å². The second-order valence-electron chi connectivity index (χ2n) is 5.48. The van der Waals surface area contributed by atoms with Crippen LogP contribution in [-0.2, 0) is 14.3 Å². The van der Waals surface area contributed by atoms with Gasteiger partial charge in [-0.25, -0.2) is 0 Å². The Morgan fingerprint density at radius 2 is 1.91 bits per heavy atom. The van der Waals surface area contributed by atoms with Crippen molar-refractivity contribution in [1.29, 1.82) is 0 Å². The lowest BCUT2D eigenvalue weighted by Crippen LogP contribution is -2.47. The number of rotatable bonds is 5. The van der Waals surface area contributed by atoms with E-state index in [1.165, 1.54) is 0 Å². The first-order valence-corrected chi connectivity index (χ1v) is 7.93. The fourth-order valence-electron chi connectivity index (χ4n) is 2.61. The topological polar surface area (TPSA) is 61.9 Å². The molecular formula is C16H22ClN3O3. The zero-order chi connectivity index (χ0) is 16.8. The largest absolute Gasteiger partial charge is 0.378 e. The first-order chi connectivity index (χ1) is 11.0. The monoisotopic (exact) mass is 339 g/mol. The van der Waals surface area contributed by atoms with E-state index in [0.717, 1.165) is 5.56 Å². The molecule has 1 aromatic carbocycles. The van der Waals surface area contributed by atoms with Gasteiger partial charge in [-0.15, -0.1) is 0 Å². The Kier molecular flexibility index (Phi) is 6.38. The van der Waals surface area contributed by atoms with E-state index < -0.39 is 6.04 Å². The first-order valence-electron chi connectivity index (χ1n) is 7.55. The van der Waals surface area contributed by atoms with E-state index in [0.29, 0.717) is 31.3 Å². The third kappa shape index (κ3) is 4.67. The molecule has 1 unspecified atom stereocenters. The Labute approximate surface area is 141 Å². The van der Waals surface area contributed by atoms with Gasteiger partial charge in [0, 0.05) is 25.2 Å². The van der Waals surface area contributed by atoms with Gasteiger partial charge in [0.25, 0.3) is 0 Å². The molecule has 0 aromatic heterocycles. The zero-order valence-electron chi connectivity index (χ0n) is 13.4. The van der Waals surface area contributed by atoms with E-state index in [4.69, 9.17) is 16.3 Å². The summed E-state index contributed by atoms with van der Waals surface area (Å²) in [7, 11) is 3.36. The number of amides is 2. The maximum Gasteiger partial charge on any atom is 0.241 e. The quantitative estimate of drug-likeness (QED) is 0.866. The van der Waals surface area contributed by atoms with Crippen LogP contribution < -0.4 is 5.32 Å². The summed E-state index contributed by atoms with van der Waals surface area (Å²) in [5.74, 6) is -0.164. The number of morpholine rings is 1. The van der Waals surface area contributed by atoms with Gasteiger partial charge < -0.3 is 15.0 Å². The highest BCUT2D eigenvalue weighted by Gasteiger charge is 2.27. The summed E-state index contributed by atoms with van der Waals surface area (Å²) in [6.07, 6.45) is 0. The number of carbonyl (C=O) groups excluding carboxylic acids is 2. The smallest absolute Gasteiger partial charge is 0.241 e. The minimum Gasteiger partial charge on any atom is -0.378 e. The standard InChI is InChI=1S/C16H22ClN3O3/c1-18-16(22)15(12-3-5-13(17)6-4-12)19(2)11-14(21)20-7-9-23-10-8-20/h3-6,15H,7-11H2,1-2H3,(H,18,22). The molecule has 2 amide bonds. The average Bonchev–Trinajstić information content (AvgIpc) is 2.57. The van der Waals surface area contributed by atoms with Crippen molar-refractivity contribution >= 4 is 23.4 Å². The normalized spacial score (nSPS) is 16.3. The number of nitrogens with zero attached hydrogens (tertiary/aromatic N) is 2. The van der Waals surface area contributed by atoms with Gasteiger partial charge in [0.2, 0.25) is 11.8 Å². The molecule has 0 saturated carbocycles. The van der Waals surface area contributed by atoms with Gasteiger partial charge in [-0.1, -0.05) is 23.7 Å². The van der Waals surface area contributed by atoms with Crippen molar-refractivity contribution in [3.8, 4) is 0 Å².